The summed E-state index contributed by atoms with van der Waals surface area (Å²) in [7, 11) is -3.23. The third kappa shape index (κ3) is 3.17. The van der Waals surface area contributed by atoms with Gasteiger partial charge in [-0.05, 0) is 12.8 Å². The molecule has 1 aliphatic carbocycles. The molecule has 3 fully saturated rings. The fourth-order valence-corrected chi connectivity index (χ4v) is 4.36. The molecule has 3 aliphatic rings. The molecule has 0 spiro atoms. The summed E-state index contributed by atoms with van der Waals surface area (Å²) in [4.78, 5) is 40.7. The van der Waals surface area contributed by atoms with Crippen LogP contribution in [0.15, 0.2) is 0 Å². The lowest BCUT2D eigenvalue weighted by atomic mass is 10.2. The standard InChI is InChI=1S/C14H22N4O5S/c1-24(22,23)16-8-6-15(7-9-16)10-17-12(19)13(20)18(14(17)21)11-4-2-3-5-11/h11H,2-10H2,1H3. The van der Waals surface area contributed by atoms with Gasteiger partial charge in [-0.25, -0.2) is 18.1 Å². The largest absolute Gasteiger partial charge is 0.335 e. The van der Waals surface area contributed by atoms with Crippen LogP contribution in [0.25, 0.3) is 0 Å². The predicted molar refractivity (Wildman–Crippen MR) is 84.2 cm³/mol. The summed E-state index contributed by atoms with van der Waals surface area (Å²) in [6.45, 7) is 1.50. The third-order valence-corrected chi connectivity index (χ3v) is 6.22. The van der Waals surface area contributed by atoms with Gasteiger partial charge in [-0.1, -0.05) is 12.8 Å². The van der Waals surface area contributed by atoms with Crippen LogP contribution in [-0.4, -0.2) is 90.4 Å². The van der Waals surface area contributed by atoms with E-state index in [1.807, 2.05) is 4.90 Å². The molecule has 0 aromatic rings. The fourth-order valence-electron chi connectivity index (χ4n) is 3.53. The highest BCUT2D eigenvalue weighted by molar-refractivity contribution is 7.88. The van der Waals surface area contributed by atoms with Gasteiger partial charge in [0, 0.05) is 32.2 Å². The molecule has 1 saturated carbocycles. The van der Waals surface area contributed by atoms with Crippen molar-refractivity contribution in [3.63, 3.8) is 0 Å². The molecule has 4 amide bonds. The van der Waals surface area contributed by atoms with E-state index >= 15 is 0 Å². The van der Waals surface area contributed by atoms with E-state index in [9.17, 15) is 22.8 Å². The molecule has 0 aromatic heterocycles. The van der Waals surface area contributed by atoms with Gasteiger partial charge in [0.15, 0.2) is 0 Å². The van der Waals surface area contributed by atoms with Crippen LogP contribution < -0.4 is 0 Å². The second-order valence-corrected chi connectivity index (χ2v) is 8.53. The number of carbonyl (C=O) groups excluding carboxylic acids is 3. The Morgan fingerprint density at radius 2 is 1.54 bits per heavy atom. The summed E-state index contributed by atoms with van der Waals surface area (Å²) in [5, 5.41) is 0. The zero-order valence-corrected chi connectivity index (χ0v) is 14.5. The number of urea groups is 1. The van der Waals surface area contributed by atoms with Crippen LogP contribution in [0.4, 0.5) is 4.79 Å². The Hall–Kier alpha value is -1.52. The number of piperazine rings is 1. The quantitative estimate of drug-likeness (QED) is 0.485. The molecule has 9 nitrogen and oxygen atoms in total. The molecule has 0 bridgehead atoms. The van der Waals surface area contributed by atoms with E-state index in [0.717, 1.165) is 41.7 Å². The van der Waals surface area contributed by atoms with Gasteiger partial charge in [0.25, 0.3) is 0 Å². The lowest BCUT2D eigenvalue weighted by molar-refractivity contribution is -0.144. The molecule has 3 rings (SSSR count). The van der Waals surface area contributed by atoms with Crippen molar-refractivity contribution in [3.8, 4) is 0 Å². The molecule has 2 aliphatic heterocycles. The zero-order valence-electron chi connectivity index (χ0n) is 13.7. The Kier molecular flexibility index (Phi) is 4.63. The summed E-state index contributed by atoms with van der Waals surface area (Å²) in [6.07, 6.45) is 4.60. The van der Waals surface area contributed by atoms with Crippen LogP contribution in [0, 0.1) is 0 Å². The molecule has 0 N–H and O–H groups in total. The minimum atomic E-state index is -3.23. The van der Waals surface area contributed by atoms with Crippen LogP contribution in [0.1, 0.15) is 25.7 Å². The molecule has 0 aromatic carbocycles. The second kappa shape index (κ2) is 6.41. The Bertz CT molecular complexity index is 650. The van der Waals surface area contributed by atoms with E-state index in [1.165, 1.54) is 4.31 Å². The number of hydrogen-bond donors (Lipinski definition) is 0. The van der Waals surface area contributed by atoms with Gasteiger partial charge in [-0.3, -0.25) is 19.4 Å². The van der Waals surface area contributed by atoms with Gasteiger partial charge in [0.1, 0.15) is 0 Å². The molecular weight excluding hydrogens is 336 g/mol. The lowest BCUT2D eigenvalue weighted by Gasteiger charge is -2.34. The monoisotopic (exact) mass is 358 g/mol. The number of amides is 4. The van der Waals surface area contributed by atoms with Crippen LogP contribution in [-0.2, 0) is 19.6 Å². The minimum Gasteiger partial charge on any atom is -0.283 e. The molecule has 0 unspecified atom stereocenters. The smallest absolute Gasteiger partial charge is 0.283 e. The number of imide groups is 2. The molecule has 2 heterocycles. The third-order valence-electron chi connectivity index (χ3n) is 4.92. The van der Waals surface area contributed by atoms with Gasteiger partial charge in [-0.15, -0.1) is 0 Å². The first kappa shape index (κ1) is 17.3. The first-order valence-electron chi connectivity index (χ1n) is 8.15. The molecule has 10 heteroatoms. The Morgan fingerprint density at radius 1 is 0.958 bits per heavy atom. The summed E-state index contributed by atoms with van der Waals surface area (Å²) >= 11 is 0. The highest BCUT2D eigenvalue weighted by Gasteiger charge is 2.48. The molecule has 0 atom stereocenters. The summed E-state index contributed by atoms with van der Waals surface area (Å²) in [5.41, 5.74) is 0. The predicted octanol–water partition coefficient (Wildman–Crippen LogP) is -0.745. The normalized spacial score (nSPS) is 25.3. The average molecular weight is 358 g/mol. The van der Waals surface area contributed by atoms with E-state index in [0.29, 0.717) is 26.2 Å². The van der Waals surface area contributed by atoms with Crippen LogP contribution in [0.5, 0.6) is 0 Å². The topological polar surface area (TPSA) is 98.3 Å². The lowest BCUT2D eigenvalue weighted by Crippen LogP contribution is -2.52. The molecule has 2 saturated heterocycles. The van der Waals surface area contributed by atoms with Crippen molar-refractivity contribution >= 4 is 27.9 Å². The number of carbonyl (C=O) groups is 3. The molecular formula is C14H22N4O5S. The van der Waals surface area contributed by atoms with Crippen LogP contribution in [0.3, 0.4) is 0 Å². The molecule has 134 valence electrons. The minimum absolute atomic E-state index is 0.0320. The first-order valence-corrected chi connectivity index (χ1v) is 10.0. The van der Waals surface area contributed by atoms with E-state index in [-0.39, 0.29) is 12.7 Å². The number of sulfonamides is 1. The van der Waals surface area contributed by atoms with Crippen LogP contribution in [0.2, 0.25) is 0 Å². The van der Waals surface area contributed by atoms with Crippen molar-refractivity contribution < 1.29 is 22.8 Å². The first-order chi connectivity index (χ1) is 11.3. The maximum atomic E-state index is 12.5. The summed E-state index contributed by atoms with van der Waals surface area (Å²) in [6, 6.07) is -0.705. The van der Waals surface area contributed by atoms with Gasteiger partial charge in [0.2, 0.25) is 10.0 Å². The van der Waals surface area contributed by atoms with Crippen molar-refractivity contribution in [3.05, 3.63) is 0 Å². The number of hydrogen-bond acceptors (Lipinski definition) is 6. The maximum Gasteiger partial charge on any atom is 0.335 e. The highest BCUT2D eigenvalue weighted by Crippen LogP contribution is 2.27. The zero-order chi connectivity index (χ0) is 17.5. The van der Waals surface area contributed by atoms with Crippen molar-refractivity contribution in [1.29, 1.82) is 0 Å². The number of nitrogens with zero attached hydrogens (tertiary/aromatic N) is 4. The van der Waals surface area contributed by atoms with Crippen molar-refractivity contribution in [2.45, 2.75) is 31.7 Å². The van der Waals surface area contributed by atoms with E-state index in [1.54, 1.807) is 0 Å². The maximum absolute atomic E-state index is 12.5. The van der Waals surface area contributed by atoms with Gasteiger partial charge in [-0.2, -0.15) is 4.31 Å². The van der Waals surface area contributed by atoms with E-state index in [4.69, 9.17) is 0 Å². The Balaban J connectivity index is 1.62. The number of rotatable bonds is 4. The van der Waals surface area contributed by atoms with Gasteiger partial charge in [0.05, 0.1) is 12.9 Å². The fraction of sp³-hybridized carbons (Fsp3) is 0.786. The summed E-state index contributed by atoms with van der Waals surface area (Å²) < 4.78 is 24.4. The summed E-state index contributed by atoms with van der Waals surface area (Å²) in [5.74, 6) is -1.51. The second-order valence-electron chi connectivity index (χ2n) is 6.55. The molecule has 0 radical (unpaired) electrons. The average Bonchev–Trinajstić information content (AvgIpc) is 3.11. The van der Waals surface area contributed by atoms with Gasteiger partial charge >= 0.3 is 17.8 Å². The highest BCUT2D eigenvalue weighted by atomic mass is 32.2. The molecule has 24 heavy (non-hydrogen) atoms. The van der Waals surface area contributed by atoms with Crippen LogP contribution >= 0.6 is 0 Å². The Morgan fingerprint density at radius 3 is 2.08 bits per heavy atom. The van der Waals surface area contributed by atoms with Crippen molar-refractivity contribution in [2.75, 3.05) is 39.1 Å². The SMILES string of the molecule is CS(=O)(=O)N1CCN(CN2C(=O)C(=O)N(C3CCCC3)C2=O)CC1. The van der Waals surface area contributed by atoms with Gasteiger partial charge < -0.3 is 0 Å². The van der Waals surface area contributed by atoms with Crippen molar-refractivity contribution in [1.82, 2.24) is 19.0 Å². The Labute approximate surface area is 141 Å². The van der Waals surface area contributed by atoms with E-state index in [2.05, 4.69) is 0 Å². The van der Waals surface area contributed by atoms with E-state index < -0.39 is 27.9 Å². The van der Waals surface area contributed by atoms with Crippen molar-refractivity contribution in [2.24, 2.45) is 0 Å².